The summed E-state index contributed by atoms with van der Waals surface area (Å²) in [5, 5.41) is 10.9. The minimum Gasteiger partial charge on any atom is -0.439 e. The maximum atomic E-state index is 13.0. The van der Waals surface area contributed by atoms with Crippen LogP contribution in [0.1, 0.15) is 51.4 Å². The van der Waals surface area contributed by atoms with Gasteiger partial charge < -0.3 is 14.8 Å². The van der Waals surface area contributed by atoms with Gasteiger partial charge in [-0.15, -0.1) is 0 Å². The number of anilines is 1. The summed E-state index contributed by atoms with van der Waals surface area (Å²) in [5.74, 6) is 1.71. The summed E-state index contributed by atoms with van der Waals surface area (Å²) in [4.78, 5) is 20.9. The van der Waals surface area contributed by atoms with E-state index in [0.29, 0.717) is 17.4 Å². The summed E-state index contributed by atoms with van der Waals surface area (Å²) in [6.07, 6.45) is 6.52. The lowest BCUT2D eigenvalue weighted by Gasteiger charge is -2.32. The van der Waals surface area contributed by atoms with Crippen LogP contribution in [-0.2, 0) is 16.7 Å². The van der Waals surface area contributed by atoms with Gasteiger partial charge in [0.05, 0.1) is 17.8 Å². The van der Waals surface area contributed by atoms with Crippen molar-refractivity contribution in [2.75, 3.05) is 12.4 Å². The fourth-order valence-corrected chi connectivity index (χ4v) is 4.40. The number of benzene rings is 1. The van der Waals surface area contributed by atoms with E-state index in [1.54, 1.807) is 19.2 Å². The Morgan fingerprint density at radius 1 is 1.24 bits per heavy atom. The number of nitrogens with one attached hydrogen (secondary N) is 2. The molecule has 9 nitrogen and oxygen atoms in total. The smallest absolute Gasteiger partial charge is 0.320 e. The minimum atomic E-state index is -0.344. The molecule has 2 aromatic heterocycles. The van der Waals surface area contributed by atoms with Crippen LogP contribution < -0.4 is 15.4 Å². The largest absolute Gasteiger partial charge is 0.439 e. The van der Waals surface area contributed by atoms with E-state index in [4.69, 9.17) is 26.2 Å². The Morgan fingerprint density at radius 3 is 2.76 bits per heavy atom. The van der Waals surface area contributed by atoms with E-state index in [0.717, 1.165) is 17.7 Å². The number of para-hydroxylation sites is 1. The van der Waals surface area contributed by atoms with Gasteiger partial charge in [-0.2, -0.15) is 10.1 Å². The average molecular weight is 525 g/mol. The standard InChI is InChI=1S/C27H33ClN6O3/c1-17-19(10-8-12-20(17)36-5)34-23(15-22(33-34)27(2,3)4)31-26(35)30-16-18-9-6-7-11-21(18)37-24-13-14-29-25(28)32-24/h6-9,11-15,17,19-20H,10,16H2,1-5H3,(H2,30,31,35). The summed E-state index contributed by atoms with van der Waals surface area (Å²) in [6.45, 7) is 8.70. The Hall–Kier alpha value is -3.43. The number of urea groups is 1. The molecule has 3 unspecified atom stereocenters. The van der Waals surface area contributed by atoms with Gasteiger partial charge >= 0.3 is 6.03 Å². The van der Waals surface area contributed by atoms with E-state index in [1.165, 1.54) is 6.20 Å². The number of halogens is 1. The SMILES string of the molecule is COC1C=CCC(n2nc(C(C)(C)C)cc2NC(=O)NCc2ccccc2Oc2ccnc(Cl)n2)C1C. The molecule has 0 radical (unpaired) electrons. The molecule has 37 heavy (non-hydrogen) atoms. The van der Waals surface area contributed by atoms with Gasteiger partial charge in [-0.25, -0.2) is 14.5 Å². The molecule has 4 rings (SSSR count). The first-order valence-corrected chi connectivity index (χ1v) is 12.6. The third-order valence-corrected chi connectivity index (χ3v) is 6.57. The Morgan fingerprint density at radius 2 is 2.03 bits per heavy atom. The number of aromatic nitrogens is 4. The zero-order valence-corrected chi connectivity index (χ0v) is 22.5. The number of rotatable bonds is 7. The molecule has 0 saturated carbocycles. The molecule has 0 spiro atoms. The summed E-state index contributed by atoms with van der Waals surface area (Å²) in [7, 11) is 1.71. The van der Waals surface area contributed by atoms with Gasteiger partial charge in [0.15, 0.2) is 0 Å². The summed E-state index contributed by atoms with van der Waals surface area (Å²) < 4.78 is 13.4. The molecule has 0 fully saturated rings. The molecule has 3 atom stereocenters. The van der Waals surface area contributed by atoms with E-state index in [9.17, 15) is 4.79 Å². The molecule has 196 valence electrons. The van der Waals surface area contributed by atoms with Crippen LogP contribution in [0.3, 0.4) is 0 Å². The Bertz CT molecular complexity index is 1270. The van der Waals surface area contributed by atoms with Crippen LogP contribution >= 0.6 is 11.6 Å². The van der Waals surface area contributed by atoms with Crippen molar-refractivity contribution in [1.29, 1.82) is 0 Å². The van der Waals surface area contributed by atoms with Crippen LogP contribution in [0.4, 0.5) is 10.6 Å². The molecule has 10 heteroatoms. The molecule has 1 aliphatic carbocycles. The number of amides is 2. The van der Waals surface area contributed by atoms with E-state index in [2.05, 4.69) is 60.4 Å². The van der Waals surface area contributed by atoms with Gasteiger partial charge in [0.25, 0.3) is 0 Å². The van der Waals surface area contributed by atoms with Crippen LogP contribution in [0.2, 0.25) is 5.28 Å². The molecule has 2 N–H and O–H groups in total. The summed E-state index contributed by atoms with van der Waals surface area (Å²) in [6, 6.07) is 10.7. The van der Waals surface area contributed by atoms with Gasteiger partial charge in [-0.1, -0.05) is 58.0 Å². The maximum absolute atomic E-state index is 13.0. The van der Waals surface area contributed by atoms with Gasteiger partial charge in [0, 0.05) is 48.9 Å². The normalized spacial score (nSPS) is 19.5. The van der Waals surface area contributed by atoms with E-state index in [-0.39, 0.29) is 41.3 Å². The van der Waals surface area contributed by atoms with Crippen molar-refractivity contribution in [3.63, 3.8) is 0 Å². The van der Waals surface area contributed by atoms with Crippen molar-refractivity contribution >= 4 is 23.4 Å². The fraction of sp³-hybridized carbons (Fsp3) is 0.407. The van der Waals surface area contributed by atoms with Crippen LogP contribution in [0.5, 0.6) is 11.6 Å². The highest BCUT2D eigenvalue weighted by atomic mass is 35.5. The van der Waals surface area contributed by atoms with Gasteiger partial charge in [-0.3, -0.25) is 5.32 Å². The first-order valence-electron chi connectivity index (χ1n) is 12.2. The zero-order chi connectivity index (χ0) is 26.6. The minimum absolute atomic E-state index is 0.0102. The molecule has 1 aliphatic rings. The van der Waals surface area contributed by atoms with Gasteiger partial charge in [-0.05, 0) is 24.1 Å². The molecular weight excluding hydrogens is 492 g/mol. The lowest BCUT2D eigenvalue weighted by Crippen LogP contribution is -2.34. The lowest BCUT2D eigenvalue weighted by molar-refractivity contribution is 0.0636. The van der Waals surface area contributed by atoms with Crippen molar-refractivity contribution < 1.29 is 14.3 Å². The zero-order valence-electron chi connectivity index (χ0n) is 21.7. The average Bonchev–Trinajstić information content (AvgIpc) is 3.28. The number of nitrogens with zero attached hydrogens (tertiary/aromatic N) is 4. The Balaban J connectivity index is 1.49. The highest BCUT2D eigenvalue weighted by Crippen LogP contribution is 2.35. The quantitative estimate of drug-likeness (QED) is 0.295. The van der Waals surface area contributed by atoms with Crippen LogP contribution in [-0.4, -0.2) is 39.0 Å². The molecule has 0 aliphatic heterocycles. The molecule has 0 saturated heterocycles. The maximum Gasteiger partial charge on any atom is 0.320 e. The second kappa shape index (κ2) is 11.3. The number of hydrogen-bond donors (Lipinski definition) is 2. The highest BCUT2D eigenvalue weighted by molar-refractivity contribution is 6.28. The van der Waals surface area contributed by atoms with Crippen LogP contribution in [0, 0.1) is 5.92 Å². The lowest BCUT2D eigenvalue weighted by atomic mass is 9.88. The second-order valence-corrected chi connectivity index (χ2v) is 10.4. The first kappa shape index (κ1) is 26.6. The van der Waals surface area contributed by atoms with Crippen molar-refractivity contribution in [3.8, 4) is 11.6 Å². The van der Waals surface area contributed by atoms with Crippen molar-refractivity contribution in [3.05, 3.63) is 71.3 Å². The molecule has 2 heterocycles. The number of carbonyl (C=O) groups excluding carboxylic acids is 1. The predicted molar refractivity (Wildman–Crippen MR) is 143 cm³/mol. The van der Waals surface area contributed by atoms with Crippen molar-refractivity contribution in [2.45, 2.75) is 58.2 Å². The monoisotopic (exact) mass is 524 g/mol. The van der Waals surface area contributed by atoms with E-state index < -0.39 is 0 Å². The third-order valence-electron chi connectivity index (χ3n) is 6.39. The van der Waals surface area contributed by atoms with Gasteiger partial charge in [0.2, 0.25) is 11.2 Å². The predicted octanol–water partition coefficient (Wildman–Crippen LogP) is 5.89. The molecular formula is C27H33ClN6O3. The van der Waals surface area contributed by atoms with E-state index in [1.807, 2.05) is 28.9 Å². The van der Waals surface area contributed by atoms with Crippen LogP contribution in [0.25, 0.3) is 0 Å². The van der Waals surface area contributed by atoms with Crippen LogP contribution in [0.15, 0.2) is 54.7 Å². The highest BCUT2D eigenvalue weighted by Gasteiger charge is 2.32. The number of carbonyl (C=O) groups is 1. The van der Waals surface area contributed by atoms with Crippen molar-refractivity contribution in [2.24, 2.45) is 5.92 Å². The van der Waals surface area contributed by atoms with Crippen molar-refractivity contribution in [1.82, 2.24) is 25.1 Å². The molecule has 2 amide bonds. The Labute approximate surface area is 222 Å². The number of hydrogen-bond acceptors (Lipinski definition) is 6. The molecule has 3 aromatic rings. The first-order chi connectivity index (χ1) is 17.7. The topological polar surface area (TPSA) is 103 Å². The number of ether oxygens (including phenoxy) is 2. The summed E-state index contributed by atoms with van der Waals surface area (Å²) in [5.41, 5.74) is 1.51. The fourth-order valence-electron chi connectivity index (χ4n) is 4.26. The number of methoxy groups -OCH3 is 1. The third kappa shape index (κ3) is 6.47. The number of allylic oxidation sites excluding steroid dienone is 1. The van der Waals surface area contributed by atoms with Gasteiger partial charge in [0.1, 0.15) is 11.6 Å². The molecule has 0 bridgehead atoms. The molecule has 1 aromatic carbocycles. The Kier molecular flexibility index (Phi) is 8.14. The summed E-state index contributed by atoms with van der Waals surface area (Å²) >= 11 is 5.87. The second-order valence-electron chi connectivity index (χ2n) is 10.1. The van der Waals surface area contributed by atoms with E-state index >= 15 is 0 Å².